The molecular formula is C7HO5+. The number of Topliss-reactive ketones (excluding diaryl/α,β-unsaturated/α-hetero) is 1. The van der Waals surface area contributed by atoms with Crippen LogP contribution >= 0.6 is 0 Å². The Morgan fingerprint density at radius 3 is 2.08 bits per heavy atom. The Morgan fingerprint density at radius 1 is 1.17 bits per heavy atom. The predicted octanol–water partition coefficient (Wildman–Crippen LogP) is -1.22. The zero-order chi connectivity index (χ0) is 9.56. The van der Waals surface area contributed by atoms with E-state index in [2.05, 4.69) is 15.9 Å². The molecule has 0 aliphatic carbocycles. The fourth-order valence-electron chi connectivity index (χ4n) is 0.276. The maximum atomic E-state index is 10.5. The first-order chi connectivity index (χ1) is 5.63. The first-order valence-electron chi connectivity index (χ1n) is 2.47. The number of hydrogen-bond acceptors (Lipinski definition) is 5. The Hall–Kier alpha value is -2.05. The second kappa shape index (κ2) is 4.72. The Kier molecular flexibility index (Phi) is 3.91. The van der Waals surface area contributed by atoms with Gasteiger partial charge in [-0.05, 0) is 0 Å². The third-order valence-electron chi connectivity index (χ3n) is 0.666. The van der Waals surface area contributed by atoms with E-state index in [1.54, 1.807) is 0 Å². The third kappa shape index (κ3) is 2.69. The summed E-state index contributed by atoms with van der Waals surface area (Å²) in [7, 11) is 0. The molecule has 0 aromatic rings. The van der Waals surface area contributed by atoms with Gasteiger partial charge in [0.15, 0.2) is 0 Å². The molecule has 58 valence electrons. The van der Waals surface area contributed by atoms with Gasteiger partial charge in [-0.15, -0.1) is 0 Å². The summed E-state index contributed by atoms with van der Waals surface area (Å²) in [5, 5.41) is 0. The number of carbonyl (C=O) groups is 3. The number of rotatable bonds is 2. The Balaban J connectivity index is 4.24. The van der Waals surface area contributed by atoms with Gasteiger partial charge >= 0.3 is 66.6 Å². The number of terminal acetylenes is 1. The van der Waals surface area contributed by atoms with Crippen molar-refractivity contribution in [1.29, 1.82) is 0 Å². The summed E-state index contributed by atoms with van der Waals surface area (Å²) in [6, 6.07) is 0. The van der Waals surface area contributed by atoms with Crippen molar-refractivity contribution in [3.8, 4) is 18.6 Å². The summed E-state index contributed by atoms with van der Waals surface area (Å²) >= 11 is 0. The summed E-state index contributed by atoms with van der Waals surface area (Å²) in [5.74, 6) is -4.68. The van der Waals surface area contributed by atoms with E-state index in [4.69, 9.17) is 6.42 Å². The zero-order valence-corrected chi connectivity index (χ0v) is 5.62. The Bertz CT molecular complexity index is 271. The van der Waals surface area contributed by atoms with Crippen molar-refractivity contribution >= 4 is 17.7 Å². The molecule has 0 saturated carbocycles. The van der Waals surface area contributed by atoms with Gasteiger partial charge in [-0.3, -0.25) is 0 Å². The maximum absolute atomic E-state index is 10.5. The van der Waals surface area contributed by atoms with Crippen LogP contribution in [0.15, 0.2) is 0 Å². The van der Waals surface area contributed by atoms with Crippen LogP contribution in [0.2, 0.25) is 0 Å². The Morgan fingerprint density at radius 2 is 1.67 bits per heavy atom. The molecular weight excluding hydrogens is 164 g/mol. The molecule has 0 heterocycles. The molecule has 0 aromatic heterocycles. The van der Waals surface area contributed by atoms with Crippen molar-refractivity contribution in [1.82, 2.24) is 0 Å². The molecule has 5 heteroatoms. The molecule has 5 nitrogen and oxygen atoms in total. The average Bonchev–Trinajstić information content (AvgIpc) is 2.04. The summed E-state index contributed by atoms with van der Waals surface area (Å²) in [6.45, 7) is 0. The number of ether oxygens (including phenoxy) is 2. The predicted molar refractivity (Wildman–Crippen MR) is 33.2 cm³/mol. The number of esters is 2. The van der Waals surface area contributed by atoms with E-state index in [9.17, 15) is 14.4 Å². The number of ketones is 1. The molecule has 0 aromatic carbocycles. The van der Waals surface area contributed by atoms with Crippen LogP contribution in [-0.4, -0.2) is 17.7 Å². The molecule has 0 saturated heterocycles. The molecule has 0 amide bonds. The van der Waals surface area contributed by atoms with Gasteiger partial charge in [0, 0.05) is 0 Å². The Labute approximate surface area is 67.6 Å². The van der Waals surface area contributed by atoms with Crippen LogP contribution in [0.3, 0.4) is 0 Å². The minimum atomic E-state index is -1.59. The molecule has 0 spiro atoms. The van der Waals surface area contributed by atoms with Crippen molar-refractivity contribution in [3.63, 3.8) is 0 Å². The standard InChI is InChI=1S/C7HO5/c1-3-11-6(9)5(8)7(10)12-4-2/h1H/q+1. The second-order valence-electron chi connectivity index (χ2n) is 1.33. The quantitative estimate of drug-likeness (QED) is 0.168. The third-order valence-corrected chi connectivity index (χ3v) is 0.666. The SMILES string of the molecule is [C+]#COC(=O)C(=O)C(=O)OC#C. The molecule has 0 aliphatic rings. The summed E-state index contributed by atoms with van der Waals surface area (Å²) in [6.07, 6.45) is 13.2. The van der Waals surface area contributed by atoms with Gasteiger partial charge < -0.3 is 0 Å². The van der Waals surface area contributed by atoms with E-state index in [1.165, 1.54) is 12.2 Å². The summed E-state index contributed by atoms with van der Waals surface area (Å²) in [4.78, 5) is 31.1. The molecule has 0 bridgehead atoms. The van der Waals surface area contributed by atoms with Crippen molar-refractivity contribution in [3.05, 3.63) is 6.42 Å². The van der Waals surface area contributed by atoms with Gasteiger partial charge in [0.25, 0.3) is 0 Å². The molecule has 0 radical (unpaired) electrons. The molecule has 12 heavy (non-hydrogen) atoms. The first kappa shape index (κ1) is 9.95. The van der Waals surface area contributed by atoms with Crippen molar-refractivity contribution < 1.29 is 23.9 Å². The number of carbonyl (C=O) groups excluding carboxylic acids is 3. The van der Waals surface area contributed by atoms with Crippen LogP contribution in [0.1, 0.15) is 0 Å². The van der Waals surface area contributed by atoms with Crippen LogP contribution < -0.4 is 0 Å². The zero-order valence-electron chi connectivity index (χ0n) is 5.62. The fourth-order valence-corrected chi connectivity index (χ4v) is 0.276. The molecule has 0 unspecified atom stereocenters. The van der Waals surface area contributed by atoms with Crippen molar-refractivity contribution in [2.75, 3.05) is 0 Å². The topological polar surface area (TPSA) is 69.7 Å². The van der Waals surface area contributed by atoms with Gasteiger partial charge in [0.2, 0.25) is 0 Å². The van der Waals surface area contributed by atoms with Crippen LogP contribution in [0, 0.1) is 25.1 Å². The van der Waals surface area contributed by atoms with Gasteiger partial charge in [0.1, 0.15) is 0 Å². The monoisotopic (exact) mass is 165 g/mol. The van der Waals surface area contributed by atoms with E-state index in [1.807, 2.05) is 0 Å². The van der Waals surface area contributed by atoms with E-state index in [0.29, 0.717) is 0 Å². The first-order valence-corrected chi connectivity index (χ1v) is 2.47. The minimum absolute atomic E-state index is 1.17. The van der Waals surface area contributed by atoms with Gasteiger partial charge in [-0.1, -0.05) is 0 Å². The van der Waals surface area contributed by atoms with Crippen LogP contribution in [0.25, 0.3) is 0 Å². The molecule has 0 rings (SSSR count). The normalized spacial score (nSPS) is 7.42. The average molecular weight is 165 g/mol. The van der Waals surface area contributed by atoms with E-state index in [0.717, 1.165) is 0 Å². The molecule has 0 fully saturated rings. The van der Waals surface area contributed by atoms with Crippen LogP contribution in [0.4, 0.5) is 0 Å². The summed E-state index contributed by atoms with van der Waals surface area (Å²) < 4.78 is 7.35. The van der Waals surface area contributed by atoms with Gasteiger partial charge in [-0.2, -0.15) is 0 Å². The van der Waals surface area contributed by atoms with Gasteiger partial charge in [-0.25, -0.2) is 0 Å². The van der Waals surface area contributed by atoms with E-state index >= 15 is 0 Å². The van der Waals surface area contributed by atoms with Crippen LogP contribution in [-0.2, 0) is 23.9 Å². The molecule has 0 atom stereocenters. The molecule has 0 aliphatic heterocycles. The number of hydrogen-bond donors (Lipinski definition) is 0. The molecule has 0 N–H and O–H groups in total. The van der Waals surface area contributed by atoms with Crippen molar-refractivity contribution in [2.45, 2.75) is 0 Å². The van der Waals surface area contributed by atoms with Gasteiger partial charge in [0.05, 0.1) is 0 Å². The van der Waals surface area contributed by atoms with E-state index in [-0.39, 0.29) is 0 Å². The summed E-state index contributed by atoms with van der Waals surface area (Å²) in [5.41, 5.74) is 0. The van der Waals surface area contributed by atoms with Crippen LogP contribution in [0.5, 0.6) is 0 Å². The fraction of sp³-hybridized carbons (Fsp3) is 0. The van der Waals surface area contributed by atoms with E-state index < -0.39 is 17.7 Å². The second-order valence-corrected chi connectivity index (χ2v) is 1.33. The van der Waals surface area contributed by atoms with Crippen molar-refractivity contribution in [2.24, 2.45) is 0 Å².